The molecule has 1 saturated heterocycles. The van der Waals surface area contributed by atoms with E-state index in [1.807, 2.05) is 39.0 Å². The maximum Gasteiger partial charge on any atom is 0.410 e. The summed E-state index contributed by atoms with van der Waals surface area (Å²) >= 11 is 0. The number of rotatable bonds is 12. The molecule has 3 rings (SSSR count). The van der Waals surface area contributed by atoms with Gasteiger partial charge < -0.3 is 19.3 Å². The number of non-ortho nitro benzene ring substituents is 1. The zero-order chi connectivity index (χ0) is 30.0. The van der Waals surface area contributed by atoms with Gasteiger partial charge >= 0.3 is 12.1 Å². The normalized spacial score (nSPS) is 15.9. The van der Waals surface area contributed by atoms with Crippen LogP contribution in [-0.4, -0.2) is 64.6 Å². The molecule has 2 aromatic carbocycles. The van der Waals surface area contributed by atoms with Gasteiger partial charge in [0, 0.05) is 43.2 Å². The molecule has 0 aromatic heterocycles. The van der Waals surface area contributed by atoms with Crippen molar-refractivity contribution in [1.82, 2.24) is 9.80 Å². The molecule has 1 aliphatic rings. The van der Waals surface area contributed by atoms with Crippen LogP contribution < -0.4 is 0 Å². The quantitative estimate of drug-likeness (QED) is 0.129. The van der Waals surface area contributed by atoms with Crippen LogP contribution in [0.4, 0.5) is 10.5 Å². The second-order valence-electron chi connectivity index (χ2n) is 11.9. The summed E-state index contributed by atoms with van der Waals surface area (Å²) in [4.78, 5) is 40.3. The average molecular weight is 566 g/mol. The van der Waals surface area contributed by atoms with Crippen LogP contribution >= 0.6 is 0 Å². The third-order valence-electron chi connectivity index (χ3n) is 7.47. The Hall–Kier alpha value is -3.72. The number of nitro groups is 1. The fourth-order valence-electron chi connectivity index (χ4n) is 5.18. The molecule has 9 heteroatoms. The summed E-state index contributed by atoms with van der Waals surface area (Å²) in [6, 6.07) is 16.1. The van der Waals surface area contributed by atoms with Crippen LogP contribution in [-0.2, 0) is 26.3 Å². The molecule has 1 unspecified atom stereocenters. The van der Waals surface area contributed by atoms with Crippen LogP contribution in [0.3, 0.4) is 0 Å². The lowest BCUT2D eigenvalue weighted by molar-refractivity contribution is -0.384. The maximum atomic E-state index is 13.0. The summed E-state index contributed by atoms with van der Waals surface area (Å²) in [5.41, 5.74) is 0.904. The van der Waals surface area contributed by atoms with Crippen molar-refractivity contribution in [3.63, 3.8) is 0 Å². The molecule has 1 atom stereocenters. The molecular formula is C32H43N3O6. The first kappa shape index (κ1) is 31.8. The Bertz CT molecular complexity index is 1170. The van der Waals surface area contributed by atoms with Crippen molar-refractivity contribution in [2.45, 2.75) is 77.0 Å². The predicted octanol–water partition coefficient (Wildman–Crippen LogP) is 6.26. The highest BCUT2D eigenvalue weighted by molar-refractivity contribution is 5.72. The van der Waals surface area contributed by atoms with E-state index in [-0.39, 0.29) is 29.7 Å². The lowest BCUT2D eigenvalue weighted by Gasteiger charge is -2.39. The van der Waals surface area contributed by atoms with Gasteiger partial charge in [0.05, 0.1) is 11.3 Å². The SMILES string of the molecule is C=CCN(C(=O)OCc1ccc([N+](=O)[O-])cc1)C1CCN(CCC(C)(CC(=O)OC(C)(C)C)c2ccccc2)CC1. The van der Waals surface area contributed by atoms with Gasteiger partial charge in [-0.3, -0.25) is 14.9 Å². The first-order valence-corrected chi connectivity index (χ1v) is 14.2. The Morgan fingerprint density at radius 3 is 2.27 bits per heavy atom. The highest BCUT2D eigenvalue weighted by atomic mass is 16.6. The minimum atomic E-state index is -0.531. The number of likely N-dealkylation sites (tertiary alicyclic amines) is 1. The molecule has 2 aromatic rings. The number of benzene rings is 2. The molecule has 0 saturated carbocycles. The van der Waals surface area contributed by atoms with Gasteiger partial charge in [-0.2, -0.15) is 0 Å². The topological polar surface area (TPSA) is 102 Å². The number of nitro benzene ring substituents is 1. The molecule has 0 spiro atoms. The minimum Gasteiger partial charge on any atom is -0.460 e. The van der Waals surface area contributed by atoms with Crippen LogP contribution in [0.5, 0.6) is 0 Å². The van der Waals surface area contributed by atoms with Crippen LogP contribution in [0, 0.1) is 10.1 Å². The van der Waals surface area contributed by atoms with E-state index in [1.165, 1.54) is 12.1 Å². The zero-order valence-corrected chi connectivity index (χ0v) is 24.7. The molecule has 9 nitrogen and oxygen atoms in total. The summed E-state index contributed by atoms with van der Waals surface area (Å²) in [6.07, 6.45) is 3.98. The standard InChI is InChI=1S/C32H43N3O6/c1-6-19-34(30(37)40-24-25-12-14-28(15-13-25)35(38)39)27-16-20-33(21-17-27)22-18-32(5,26-10-8-7-9-11-26)23-29(36)41-31(2,3)4/h6-15,27H,1,16-24H2,2-5H3. The molecular weight excluding hydrogens is 522 g/mol. The molecule has 222 valence electrons. The molecule has 1 fully saturated rings. The second kappa shape index (κ2) is 14.3. The van der Waals surface area contributed by atoms with Crippen molar-refractivity contribution < 1.29 is 24.0 Å². The minimum absolute atomic E-state index is 0.00552. The predicted molar refractivity (Wildman–Crippen MR) is 159 cm³/mol. The van der Waals surface area contributed by atoms with E-state index in [0.717, 1.165) is 44.5 Å². The zero-order valence-electron chi connectivity index (χ0n) is 24.7. The first-order chi connectivity index (χ1) is 19.4. The Balaban J connectivity index is 1.56. The summed E-state index contributed by atoms with van der Waals surface area (Å²) < 4.78 is 11.2. The van der Waals surface area contributed by atoms with Crippen molar-refractivity contribution in [3.8, 4) is 0 Å². The molecule has 41 heavy (non-hydrogen) atoms. The van der Waals surface area contributed by atoms with E-state index in [2.05, 4.69) is 30.5 Å². The number of nitrogens with zero attached hydrogens (tertiary/aromatic N) is 3. The van der Waals surface area contributed by atoms with Crippen molar-refractivity contribution in [2.75, 3.05) is 26.2 Å². The van der Waals surface area contributed by atoms with Gasteiger partial charge in [-0.25, -0.2) is 4.79 Å². The van der Waals surface area contributed by atoms with Gasteiger partial charge in [-0.1, -0.05) is 43.3 Å². The average Bonchev–Trinajstić information content (AvgIpc) is 2.93. The molecule has 1 aliphatic heterocycles. The lowest BCUT2D eigenvalue weighted by atomic mass is 9.76. The molecule has 0 bridgehead atoms. The number of hydrogen-bond acceptors (Lipinski definition) is 7. The first-order valence-electron chi connectivity index (χ1n) is 14.2. The third kappa shape index (κ3) is 9.70. The molecule has 0 N–H and O–H groups in total. The highest BCUT2D eigenvalue weighted by Crippen LogP contribution is 2.33. The maximum absolute atomic E-state index is 13.0. The summed E-state index contributed by atoms with van der Waals surface area (Å²) in [5.74, 6) is -0.199. The van der Waals surface area contributed by atoms with Crippen LogP contribution in [0.1, 0.15) is 64.5 Å². The number of hydrogen-bond donors (Lipinski definition) is 0. The number of carbonyl (C=O) groups excluding carboxylic acids is 2. The van der Waals surface area contributed by atoms with Crippen LogP contribution in [0.2, 0.25) is 0 Å². The second-order valence-corrected chi connectivity index (χ2v) is 11.9. The highest BCUT2D eigenvalue weighted by Gasteiger charge is 2.34. The fourth-order valence-corrected chi connectivity index (χ4v) is 5.18. The summed E-state index contributed by atoms with van der Waals surface area (Å²) in [6.45, 7) is 14.5. The smallest absolute Gasteiger partial charge is 0.410 e. The monoisotopic (exact) mass is 565 g/mol. The number of piperidine rings is 1. The van der Waals surface area contributed by atoms with Gasteiger partial charge in [0.1, 0.15) is 12.2 Å². The number of carbonyl (C=O) groups is 2. The molecule has 0 radical (unpaired) electrons. The van der Waals surface area contributed by atoms with E-state index >= 15 is 0 Å². The van der Waals surface area contributed by atoms with Gasteiger partial charge in [0.15, 0.2) is 0 Å². The Morgan fingerprint density at radius 2 is 1.71 bits per heavy atom. The lowest BCUT2D eigenvalue weighted by Crippen LogP contribution is -2.48. The van der Waals surface area contributed by atoms with E-state index in [9.17, 15) is 19.7 Å². The van der Waals surface area contributed by atoms with E-state index < -0.39 is 16.6 Å². The molecule has 1 heterocycles. The van der Waals surface area contributed by atoms with Gasteiger partial charge in [0.2, 0.25) is 0 Å². The number of ether oxygens (including phenoxy) is 2. The number of esters is 1. The van der Waals surface area contributed by atoms with E-state index in [1.54, 1.807) is 23.1 Å². The third-order valence-corrected chi connectivity index (χ3v) is 7.47. The van der Waals surface area contributed by atoms with Crippen LogP contribution in [0.15, 0.2) is 67.3 Å². The Labute approximate surface area is 243 Å². The van der Waals surface area contributed by atoms with Gasteiger partial charge in [-0.05, 0) is 69.8 Å². The molecule has 0 aliphatic carbocycles. The van der Waals surface area contributed by atoms with E-state index in [0.29, 0.717) is 18.5 Å². The van der Waals surface area contributed by atoms with E-state index in [4.69, 9.17) is 9.47 Å². The summed E-state index contributed by atoms with van der Waals surface area (Å²) in [5, 5.41) is 10.9. The molecule has 1 amide bonds. The number of amides is 1. The van der Waals surface area contributed by atoms with Gasteiger partial charge in [0.25, 0.3) is 5.69 Å². The fraction of sp³-hybridized carbons (Fsp3) is 0.500. The Morgan fingerprint density at radius 1 is 1.07 bits per heavy atom. The van der Waals surface area contributed by atoms with Crippen molar-refractivity contribution in [2.24, 2.45) is 0 Å². The van der Waals surface area contributed by atoms with Crippen molar-refractivity contribution in [1.29, 1.82) is 0 Å². The van der Waals surface area contributed by atoms with Crippen LogP contribution in [0.25, 0.3) is 0 Å². The largest absolute Gasteiger partial charge is 0.460 e. The summed E-state index contributed by atoms with van der Waals surface area (Å²) in [7, 11) is 0. The van der Waals surface area contributed by atoms with Gasteiger partial charge in [-0.15, -0.1) is 6.58 Å². The van der Waals surface area contributed by atoms with Crippen molar-refractivity contribution >= 4 is 17.7 Å². The van der Waals surface area contributed by atoms with Crippen molar-refractivity contribution in [3.05, 3.63) is 88.5 Å². The Kier molecular flexibility index (Phi) is 11.1.